The molecule has 7 rings (SSSR count). The molecule has 1 amide bonds. The van der Waals surface area contributed by atoms with Crippen molar-refractivity contribution in [2.24, 2.45) is 0 Å². The Hall–Kier alpha value is -4.10. The summed E-state index contributed by atoms with van der Waals surface area (Å²) in [5.41, 5.74) is 7.61. The second kappa shape index (κ2) is 10.8. The molecule has 0 bridgehead atoms. The first-order valence-corrected chi connectivity index (χ1v) is 15.1. The molecule has 0 unspecified atom stereocenters. The lowest BCUT2D eigenvalue weighted by Crippen LogP contribution is -2.29. The van der Waals surface area contributed by atoms with E-state index in [0.717, 1.165) is 63.0 Å². The van der Waals surface area contributed by atoms with Gasteiger partial charge in [-0.05, 0) is 52.9 Å². The zero-order chi connectivity index (χ0) is 26.9. The number of thiazole rings is 1. The van der Waals surface area contributed by atoms with Crippen LogP contribution in [0, 0.1) is 0 Å². The zero-order valence-corrected chi connectivity index (χ0v) is 23.5. The molecule has 0 saturated carbocycles. The topological polar surface area (TPSA) is 45.2 Å². The molecule has 196 valence electrons. The first-order chi connectivity index (χ1) is 19.7. The highest BCUT2D eigenvalue weighted by atomic mass is 32.1. The maximum absolute atomic E-state index is 13.5. The van der Waals surface area contributed by atoms with Gasteiger partial charge >= 0.3 is 0 Å². The lowest BCUT2D eigenvalue weighted by atomic mass is 10.0. The molecular weight excluding hydrogens is 531 g/mol. The summed E-state index contributed by atoms with van der Waals surface area (Å²) in [6, 6.07) is 36.9. The molecule has 0 fully saturated rings. The molecule has 1 aliphatic heterocycles. The van der Waals surface area contributed by atoms with Crippen molar-refractivity contribution in [3.8, 4) is 21.7 Å². The van der Waals surface area contributed by atoms with Crippen molar-refractivity contribution in [1.82, 2.24) is 9.88 Å². The number of aromatic nitrogens is 1. The van der Waals surface area contributed by atoms with Crippen LogP contribution in [0.4, 0.5) is 5.00 Å². The molecular formula is C34H27N3OS2. The van der Waals surface area contributed by atoms with Gasteiger partial charge in [0.2, 0.25) is 0 Å². The normalized spacial score (nSPS) is 13.3. The fourth-order valence-corrected chi connectivity index (χ4v) is 7.74. The van der Waals surface area contributed by atoms with Gasteiger partial charge in [0.1, 0.15) is 10.0 Å². The maximum atomic E-state index is 13.5. The first kappa shape index (κ1) is 24.9. The first-order valence-electron chi connectivity index (χ1n) is 13.4. The Morgan fingerprint density at radius 3 is 2.27 bits per heavy atom. The number of fused-ring (bicyclic) bond motifs is 2. The van der Waals surface area contributed by atoms with Crippen LogP contribution in [0.2, 0.25) is 0 Å². The predicted molar refractivity (Wildman–Crippen MR) is 167 cm³/mol. The molecule has 0 radical (unpaired) electrons. The number of hydrogen-bond acceptors (Lipinski definition) is 5. The van der Waals surface area contributed by atoms with Crippen molar-refractivity contribution in [2.75, 3.05) is 11.9 Å². The molecule has 0 atom stereocenters. The highest BCUT2D eigenvalue weighted by Crippen LogP contribution is 2.46. The highest BCUT2D eigenvalue weighted by molar-refractivity contribution is 7.23. The van der Waals surface area contributed by atoms with Gasteiger partial charge in [0.05, 0.1) is 10.2 Å². The summed E-state index contributed by atoms with van der Waals surface area (Å²) >= 11 is 3.40. The third-order valence-corrected chi connectivity index (χ3v) is 9.56. The third-order valence-electron chi connectivity index (χ3n) is 7.37. The van der Waals surface area contributed by atoms with E-state index < -0.39 is 0 Å². The van der Waals surface area contributed by atoms with Gasteiger partial charge in [-0.25, -0.2) is 4.98 Å². The second-order valence-corrected chi connectivity index (χ2v) is 12.2. The molecule has 1 N–H and O–H groups in total. The van der Waals surface area contributed by atoms with Crippen LogP contribution < -0.4 is 5.32 Å². The van der Waals surface area contributed by atoms with Crippen LogP contribution in [-0.2, 0) is 19.5 Å². The minimum atomic E-state index is -0.0956. The smallest absolute Gasteiger partial charge is 0.256 e. The van der Waals surface area contributed by atoms with Crippen LogP contribution in [0.15, 0.2) is 109 Å². The van der Waals surface area contributed by atoms with E-state index >= 15 is 0 Å². The number of rotatable bonds is 6. The monoisotopic (exact) mass is 557 g/mol. The highest BCUT2D eigenvalue weighted by Gasteiger charge is 2.28. The van der Waals surface area contributed by atoms with Gasteiger partial charge in [0.15, 0.2) is 0 Å². The van der Waals surface area contributed by atoms with E-state index in [0.29, 0.717) is 5.56 Å². The molecule has 0 saturated heterocycles. The van der Waals surface area contributed by atoms with Gasteiger partial charge < -0.3 is 5.32 Å². The van der Waals surface area contributed by atoms with E-state index in [-0.39, 0.29) is 5.91 Å². The van der Waals surface area contributed by atoms with Crippen molar-refractivity contribution in [3.05, 3.63) is 131 Å². The van der Waals surface area contributed by atoms with Gasteiger partial charge in [-0.3, -0.25) is 9.69 Å². The summed E-state index contributed by atoms with van der Waals surface area (Å²) in [4.78, 5) is 22.3. The summed E-state index contributed by atoms with van der Waals surface area (Å²) in [7, 11) is 0. The molecule has 2 aromatic heterocycles. The zero-order valence-electron chi connectivity index (χ0n) is 21.8. The van der Waals surface area contributed by atoms with Gasteiger partial charge in [-0.1, -0.05) is 84.9 Å². The maximum Gasteiger partial charge on any atom is 0.256 e. The molecule has 0 aliphatic carbocycles. The number of carbonyl (C=O) groups excluding carboxylic acids is 1. The fraction of sp³-hybridized carbons (Fsp3) is 0.118. The Kier molecular flexibility index (Phi) is 6.73. The lowest BCUT2D eigenvalue weighted by molar-refractivity contribution is 0.102. The average molecular weight is 558 g/mol. The Bertz CT molecular complexity index is 1760. The number of para-hydroxylation sites is 1. The van der Waals surface area contributed by atoms with Gasteiger partial charge in [-0.15, -0.1) is 22.7 Å². The largest absolute Gasteiger partial charge is 0.313 e. The van der Waals surface area contributed by atoms with Crippen molar-refractivity contribution >= 4 is 43.8 Å². The summed E-state index contributed by atoms with van der Waals surface area (Å²) in [5, 5.41) is 5.15. The number of benzene rings is 4. The number of hydrogen-bond donors (Lipinski definition) is 1. The number of nitrogens with one attached hydrogen (secondary N) is 1. The van der Waals surface area contributed by atoms with Gasteiger partial charge in [-0.2, -0.15) is 0 Å². The van der Waals surface area contributed by atoms with Crippen LogP contribution in [0.3, 0.4) is 0 Å². The number of carbonyl (C=O) groups is 1. The van der Waals surface area contributed by atoms with E-state index in [9.17, 15) is 4.79 Å². The van der Waals surface area contributed by atoms with Crippen molar-refractivity contribution in [3.63, 3.8) is 0 Å². The standard InChI is InChI=1S/C34H27N3OS2/c38-32(26-17-15-25(16-18-26)24-11-5-2-6-12-24)36-34-31(33-35-28-13-7-8-14-29(28)39-33)27-19-20-37(22-30(27)40-34)21-23-9-3-1-4-10-23/h1-18H,19-22H2,(H,36,38). The van der Waals surface area contributed by atoms with Crippen LogP contribution in [0.25, 0.3) is 31.9 Å². The minimum Gasteiger partial charge on any atom is -0.313 e. The number of amides is 1. The van der Waals surface area contributed by atoms with Crippen LogP contribution in [-0.4, -0.2) is 22.3 Å². The van der Waals surface area contributed by atoms with E-state index in [2.05, 4.69) is 70.9 Å². The fourth-order valence-electron chi connectivity index (χ4n) is 5.35. The predicted octanol–water partition coefficient (Wildman–Crippen LogP) is 8.50. The molecule has 1 aliphatic rings. The van der Waals surface area contributed by atoms with Crippen molar-refractivity contribution in [1.29, 1.82) is 0 Å². The average Bonchev–Trinajstić information content (AvgIpc) is 3.58. The summed E-state index contributed by atoms with van der Waals surface area (Å²) in [6.45, 7) is 2.77. The van der Waals surface area contributed by atoms with E-state index in [1.165, 1.54) is 16.0 Å². The molecule has 4 aromatic carbocycles. The Balaban J connectivity index is 1.21. The summed E-state index contributed by atoms with van der Waals surface area (Å²) in [6.07, 6.45) is 0.936. The van der Waals surface area contributed by atoms with Crippen LogP contribution in [0.1, 0.15) is 26.4 Å². The minimum absolute atomic E-state index is 0.0956. The number of anilines is 1. The van der Waals surface area contributed by atoms with Crippen molar-refractivity contribution in [2.45, 2.75) is 19.5 Å². The Morgan fingerprint density at radius 1 is 0.800 bits per heavy atom. The summed E-state index contributed by atoms with van der Waals surface area (Å²) < 4.78 is 1.16. The Morgan fingerprint density at radius 2 is 1.50 bits per heavy atom. The molecule has 3 heterocycles. The number of nitrogens with zero attached hydrogens (tertiary/aromatic N) is 2. The molecule has 6 aromatic rings. The van der Waals surface area contributed by atoms with Crippen LogP contribution >= 0.6 is 22.7 Å². The third kappa shape index (κ3) is 4.97. The SMILES string of the molecule is O=C(Nc1sc2c(c1-c1nc3ccccc3s1)CCN(Cc1ccccc1)C2)c1ccc(-c2ccccc2)cc1. The lowest BCUT2D eigenvalue weighted by Gasteiger charge is -2.27. The molecule has 40 heavy (non-hydrogen) atoms. The Labute approximate surface area is 241 Å². The van der Waals surface area contributed by atoms with E-state index in [1.807, 2.05) is 48.5 Å². The second-order valence-electron chi connectivity index (χ2n) is 10.0. The quantitative estimate of drug-likeness (QED) is 0.223. The molecule has 4 nitrogen and oxygen atoms in total. The van der Waals surface area contributed by atoms with Crippen molar-refractivity contribution < 1.29 is 4.79 Å². The molecule has 6 heteroatoms. The van der Waals surface area contributed by atoms with E-state index in [1.54, 1.807) is 22.7 Å². The molecule has 0 spiro atoms. The van der Waals surface area contributed by atoms with Gasteiger partial charge in [0.25, 0.3) is 5.91 Å². The summed E-state index contributed by atoms with van der Waals surface area (Å²) in [5.74, 6) is -0.0956. The number of thiophene rings is 1. The van der Waals surface area contributed by atoms with Crippen LogP contribution in [0.5, 0.6) is 0 Å². The van der Waals surface area contributed by atoms with E-state index in [4.69, 9.17) is 4.98 Å². The van der Waals surface area contributed by atoms with Gasteiger partial charge in [0, 0.05) is 35.6 Å².